The average Bonchev–Trinajstić information content (AvgIpc) is 2.73. The highest BCUT2D eigenvalue weighted by atomic mass is 19.4. The maximum atomic E-state index is 12.6. The second-order valence-corrected chi connectivity index (χ2v) is 4.63. The SMILES string of the molecule is Nc1ccc(C(=O)N2CCC(O)(C(F)(F)F)C2)cc1. The average molecular weight is 274 g/mol. The van der Waals surface area contributed by atoms with E-state index in [2.05, 4.69) is 0 Å². The zero-order valence-corrected chi connectivity index (χ0v) is 9.94. The second kappa shape index (κ2) is 4.41. The summed E-state index contributed by atoms with van der Waals surface area (Å²) in [6.45, 7) is -0.862. The topological polar surface area (TPSA) is 66.6 Å². The molecule has 1 unspecified atom stereocenters. The van der Waals surface area contributed by atoms with Crippen LogP contribution in [-0.2, 0) is 0 Å². The van der Waals surface area contributed by atoms with Gasteiger partial charge >= 0.3 is 6.18 Å². The summed E-state index contributed by atoms with van der Waals surface area (Å²) in [4.78, 5) is 13.0. The van der Waals surface area contributed by atoms with Crippen molar-refractivity contribution in [3.63, 3.8) is 0 Å². The van der Waals surface area contributed by atoms with Crippen LogP contribution in [0.3, 0.4) is 0 Å². The number of aliphatic hydroxyl groups is 1. The van der Waals surface area contributed by atoms with E-state index in [9.17, 15) is 23.1 Å². The van der Waals surface area contributed by atoms with Crippen LogP contribution >= 0.6 is 0 Å². The summed E-state index contributed by atoms with van der Waals surface area (Å²) in [5.74, 6) is -0.542. The molecule has 1 saturated heterocycles. The van der Waals surface area contributed by atoms with Gasteiger partial charge in [0.1, 0.15) is 0 Å². The van der Waals surface area contributed by atoms with E-state index in [1.807, 2.05) is 0 Å². The molecule has 1 fully saturated rings. The molecular formula is C12H13F3N2O2. The molecule has 1 amide bonds. The third-order valence-electron chi connectivity index (χ3n) is 3.22. The highest BCUT2D eigenvalue weighted by Crippen LogP contribution is 2.37. The lowest BCUT2D eigenvalue weighted by atomic mass is 10.0. The summed E-state index contributed by atoms with van der Waals surface area (Å²) in [5.41, 5.74) is 3.37. The van der Waals surface area contributed by atoms with Crippen LogP contribution in [0.15, 0.2) is 24.3 Å². The molecule has 3 N–H and O–H groups in total. The number of hydrogen-bond donors (Lipinski definition) is 2. The molecule has 0 aliphatic carbocycles. The number of nitrogens with zero attached hydrogens (tertiary/aromatic N) is 1. The first-order valence-electron chi connectivity index (χ1n) is 5.67. The number of β-amino-alcohol motifs (C(OH)–C–C–N with tert-alkyl or cyclic N) is 1. The van der Waals surface area contributed by atoms with Gasteiger partial charge in [-0.05, 0) is 24.3 Å². The minimum Gasteiger partial charge on any atom is -0.399 e. The predicted molar refractivity (Wildman–Crippen MR) is 62.4 cm³/mol. The molecule has 7 heteroatoms. The molecule has 4 nitrogen and oxygen atoms in total. The number of likely N-dealkylation sites (tertiary alicyclic amines) is 1. The van der Waals surface area contributed by atoms with E-state index in [0.717, 1.165) is 4.90 Å². The van der Waals surface area contributed by atoms with Gasteiger partial charge in [-0.15, -0.1) is 0 Å². The van der Waals surface area contributed by atoms with Gasteiger partial charge in [-0.1, -0.05) is 0 Å². The highest BCUT2D eigenvalue weighted by molar-refractivity contribution is 5.94. The Bertz CT molecular complexity index is 487. The first-order chi connectivity index (χ1) is 8.73. The fraction of sp³-hybridized carbons (Fsp3) is 0.417. The summed E-state index contributed by atoms with van der Waals surface area (Å²) >= 11 is 0. The lowest BCUT2D eigenvalue weighted by molar-refractivity contribution is -0.253. The van der Waals surface area contributed by atoms with Crippen LogP contribution in [0.2, 0.25) is 0 Å². The van der Waals surface area contributed by atoms with Crippen molar-refractivity contribution in [1.29, 1.82) is 0 Å². The van der Waals surface area contributed by atoms with Gasteiger partial charge in [-0.3, -0.25) is 4.79 Å². The quantitative estimate of drug-likeness (QED) is 0.761. The Kier molecular flexibility index (Phi) is 3.17. The number of hydrogen-bond acceptors (Lipinski definition) is 3. The number of carbonyl (C=O) groups is 1. The van der Waals surface area contributed by atoms with E-state index < -0.39 is 30.7 Å². The summed E-state index contributed by atoms with van der Waals surface area (Å²) in [7, 11) is 0. The molecule has 0 radical (unpaired) electrons. The molecule has 1 aromatic rings. The van der Waals surface area contributed by atoms with Gasteiger partial charge < -0.3 is 15.7 Å². The molecule has 1 atom stereocenters. The molecular weight excluding hydrogens is 261 g/mol. The van der Waals surface area contributed by atoms with Crippen LogP contribution in [0.1, 0.15) is 16.8 Å². The maximum absolute atomic E-state index is 12.6. The van der Waals surface area contributed by atoms with Crippen LogP contribution in [0.4, 0.5) is 18.9 Å². The highest BCUT2D eigenvalue weighted by Gasteiger charge is 2.57. The minimum absolute atomic E-state index is 0.126. The third-order valence-corrected chi connectivity index (χ3v) is 3.22. The summed E-state index contributed by atoms with van der Waals surface area (Å²) < 4.78 is 37.9. The monoisotopic (exact) mass is 274 g/mol. The summed E-state index contributed by atoms with van der Waals surface area (Å²) in [5, 5.41) is 9.50. The summed E-state index contributed by atoms with van der Waals surface area (Å²) in [6.07, 6.45) is -5.24. The molecule has 0 bridgehead atoms. The number of halogens is 3. The van der Waals surface area contributed by atoms with E-state index in [1.54, 1.807) is 0 Å². The van der Waals surface area contributed by atoms with Crippen LogP contribution in [-0.4, -0.2) is 40.8 Å². The molecule has 0 spiro atoms. The first kappa shape index (κ1) is 13.7. The molecule has 1 aromatic carbocycles. The Morgan fingerprint density at radius 3 is 2.37 bits per heavy atom. The van der Waals surface area contributed by atoms with Gasteiger partial charge in [-0.25, -0.2) is 0 Å². The van der Waals surface area contributed by atoms with E-state index in [4.69, 9.17) is 5.73 Å². The molecule has 1 heterocycles. The molecule has 1 aliphatic heterocycles. The lowest BCUT2D eigenvalue weighted by Gasteiger charge is -2.25. The Hall–Kier alpha value is -1.76. The lowest BCUT2D eigenvalue weighted by Crippen LogP contribution is -2.48. The number of nitrogen functional groups attached to an aromatic ring is 1. The van der Waals surface area contributed by atoms with Crippen molar-refractivity contribution in [2.75, 3.05) is 18.8 Å². The van der Waals surface area contributed by atoms with Crippen molar-refractivity contribution in [2.24, 2.45) is 0 Å². The molecule has 0 aromatic heterocycles. The van der Waals surface area contributed by atoms with Crippen molar-refractivity contribution in [2.45, 2.75) is 18.2 Å². The first-order valence-corrected chi connectivity index (χ1v) is 5.67. The van der Waals surface area contributed by atoms with Gasteiger partial charge in [0.05, 0.1) is 6.54 Å². The normalized spacial score (nSPS) is 23.7. The van der Waals surface area contributed by atoms with Gasteiger partial charge in [-0.2, -0.15) is 13.2 Å². The molecule has 2 rings (SSSR count). The Morgan fingerprint density at radius 2 is 1.89 bits per heavy atom. The molecule has 104 valence electrons. The molecule has 19 heavy (non-hydrogen) atoms. The molecule has 0 saturated carbocycles. The Labute approximate surface area is 107 Å². The predicted octanol–water partition coefficient (Wildman–Crippen LogP) is 1.41. The van der Waals surface area contributed by atoms with Crippen molar-refractivity contribution < 1.29 is 23.1 Å². The smallest absolute Gasteiger partial charge is 0.399 e. The Balaban J connectivity index is 2.13. The van der Waals surface area contributed by atoms with Crippen molar-refractivity contribution in [1.82, 2.24) is 4.90 Å². The number of benzene rings is 1. The van der Waals surface area contributed by atoms with E-state index >= 15 is 0 Å². The standard InChI is InChI=1S/C12H13F3N2O2/c13-12(14,15)11(19)5-6-17(7-11)10(18)8-1-3-9(16)4-2-8/h1-4,19H,5-7,16H2. The van der Waals surface area contributed by atoms with Gasteiger partial charge in [0.25, 0.3) is 5.91 Å². The zero-order chi connectivity index (χ0) is 14.3. The van der Waals surface area contributed by atoms with Crippen LogP contribution in [0.25, 0.3) is 0 Å². The van der Waals surface area contributed by atoms with Gasteiger partial charge in [0.15, 0.2) is 5.60 Å². The van der Waals surface area contributed by atoms with E-state index in [-0.39, 0.29) is 12.1 Å². The van der Waals surface area contributed by atoms with E-state index in [0.29, 0.717) is 5.69 Å². The number of amides is 1. The number of anilines is 1. The minimum atomic E-state index is -4.73. The van der Waals surface area contributed by atoms with E-state index in [1.165, 1.54) is 24.3 Å². The van der Waals surface area contributed by atoms with Crippen molar-refractivity contribution in [3.05, 3.63) is 29.8 Å². The maximum Gasteiger partial charge on any atom is 0.419 e. The number of carbonyl (C=O) groups excluding carboxylic acids is 1. The van der Waals surface area contributed by atoms with Crippen LogP contribution < -0.4 is 5.73 Å². The fourth-order valence-electron chi connectivity index (χ4n) is 2.01. The van der Waals surface area contributed by atoms with Crippen molar-refractivity contribution in [3.8, 4) is 0 Å². The van der Waals surface area contributed by atoms with Crippen LogP contribution in [0.5, 0.6) is 0 Å². The Morgan fingerprint density at radius 1 is 1.32 bits per heavy atom. The summed E-state index contributed by atoms with van der Waals surface area (Å²) in [6, 6.07) is 5.89. The van der Waals surface area contributed by atoms with Gasteiger partial charge in [0, 0.05) is 24.2 Å². The fourth-order valence-corrected chi connectivity index (χ4v) is 2.01. The van der Waals surface area contributed by atoms with Crippen LogP contribution in [0, 0.1) is 0 Å². The molecule has 1 aliphatic rings. The number of nitrogens with two attached hydrogens (primary N) is 1. The number of rotatable bonds is 1. The second-order valence-electron chi connectivity index (χ2n) is 4.63. The third kappa shape index (κ3) is 2.51. The number of alkyl halides is 3. The van der Waals surface area contributed by atoms with Gasteiger partial charge in [0.2, 0.25) is 0 Å². The zero-order valence-electron chi connectivity index (χ0n) is 9.94. The largest absolute Gasteiger partial charge is 0.419 e. The van der Waals surface area contributed by atoms with Crippen molar-refractivity contribution >= 4 is 11.6 Å².